The Morgan fingerprint density at radius 1 is 1.17 bits per heavy atom. The Balaban J connectivity index is 1.55. The summed E-state index contributed by atoms with van der Waals surface area (Å²) in [6.45, 7) is 10.0. The summed E-state index contributed by atoms with van der Waals surface area (Å²) < 4.78 is 32.3. The number of anilines is 1. The third-order valence-electron chi connectivity index (χ3n) is 6.36. The molecule has 2 N–H and O–H groups in total. The van der Waals surface area contributed by atoms with Crippen LogP contribution in [0.1, 0.15) is 30.4 Å². The van der Waals surface area contributed by atoms with Crippen molar-refractivity contribution in [2.45, 2.75) is 38.2 Å². The number of carbonyl (C=O) groups excluding carboxylic acids is 1. The van der Waals surface area contributed by atoms with E-state index in [1.54, 1.807) is 6.20 Å². The molecule has 9 heteroatoms. The van der Waals surface area contributed by atoms with Crippen molar-refractivity contribution in [1.82, 2.24) is 14.6 Å². The summed E-state index contributed by atoms with van der Waals surface area (Å²) in [5, 5.41) is 2.80. The maximum absolute atomic E-state index is 12.6. The number of hydrogen-bond acceptors (Lipinski definition) is 6. The zero-order valence-electron chi connectivity index (χ0n) is 19.8. The minimum absolute atomic E-state index is 0.0947. The van der Waals surface area contributed by atoms with Crippen molar-refractivity contribution in [2.75, 3.05) is 30.7 Å². The van der Waals surface area contributed by atoms with Gasteiger partial charge in [0.1, 0.15) is 6.10 Å². The molecular weight excluding hydrogens is 464 g/mol. The molecule has 1 saturated heterocycles. The average molecular weight is 497 g/mol. The molecule has 0 radical (unpaired) electrons. The Labute approximate surface area is 207 Å². The maximum atomic E-state index is 12.6. The first-order valence-electron chi connectivity index (χ1n) is 11.9. The zero-order chi connectivity index (χ0) is 24.8. The van der Waals surface area contributed by atoms with Crippen LogP contribution in [0.15, 0.2) is 55.8 Å². The van der Waals surface area contributed by atoms with Gasteiger partial charge in [-0.1, -0.05) is 24.3 Å². The summed E-state index contributed by atoms with van der Waals surface area (Å²) in [7, 11) is -3.79. The molecule has 0 bridgehead atoms. The molecule has 1 aromatic heterocycles. The highest BCUT2D eigenvalue weighted by Gasteiger charge is 2.23. The monoisotopic (exact) mass is 496 g/mol. The van der Waals surface area contributed by atoms with Crippen molar-refractivity contribution in [1.29, 1.82) is 0 Å². The molecule has 2 aliphatic rings. The molecule has 0 atom stereocenters. The molecular formula is C26H32N4O4S. The lowest BCUT2D eigenvalue weighted by atomic mass is 9.98. The van der Waals surface area contributed by atoms with Gasteiger partial charge in [0.25, 0.3) is 0 Å². The highest BCUT2D eigenvalue weighted by Crippen LogP contribution is 2.38. The highest BCUT2D eigenvalue weighted by molar-refractivity contribution is 7.90. The molecule has 1 aliphatic heterocycles. The Morgan fingerprint density at radius 2 is 1.97 bits per heavy atom. The standard InChI is InChI=1S/C26H32N4O4S/c1-3-14-30-15-11-21(12-16-30)34-24-18-20(10-13-27-24)23-9-8-19-6-5-7-22(19)25(23)28-26(31)29-35(32,33)17-4-2/h3-4,8-10,13,18,21H,1-2,5-7,11-12,14-17H2,(H2,28,29,31). The second-order valence-electron chi connectivity index (χ2n) is 8.89. The molecule has 4 rings (SSSR count). The van der Waals surface area contributed by atoms with E-state index in [-0.39, 0.29) is 11.9 Å². The number of rotatable bonds is 9. The predicted octanol–water partition coefficient (Wildman–Crippen LogP) is 3.90. The quantitative estimate of drug-likeness (QED) is 0.511. The number of nitrogens with zero attached hydrogens (tertiary/aromatic N) is 2. The van der Waals surface area contributed by atoms with Gasteiger partial charge in [-0.05, 0) is 54.9 Å². The van der Waals surface area contributed by atoms with Crippen LogP contribution in [0.5, 0.6) is 5.88 Å². The molecule has 2 heterocycles. The van der Waals surface area contributed by atoms with Gasteiger partial charge in [-0.25, -0.2) is 22.9 Å². The molecule has 0 saturated carbocycles. The SMILES string of the molecule is C=CCN1CCC(Oc2cc(-c3ccc4c(c3NC(=O)NS(=O)(=O)CC=C)CCC4)ccn2)CC1. The summed E-state index contributed by atoms with van der Waals surface area (Å²) in [5.41, 5.74) is 4.47. The Hall–Kier alpha value is -3.17. The van der Waals surface area contributed by atoms with Gasteiger partial charge >= 0.3 is 6.03 Å². The number of piperidine rings is 1. The Morgan fingerprint density at radius 3 is 2.71 bits per heavy atom. The van der Waals surface area contributed by atoms with E-state index < -0.39 is 16.1 Å². The van der Waals surface area contributed by atoms with Gasteiger partial charge in [-0.3, -0.25) is 4.90 Å². The van der Waals surface area contributed by atoms with Crippen molar-refractivity contribution in [3.05, 3.63) is 66.9 Å². The van der Waals surface area contributed by atoms with Crippen molar-refractivity contribution in [3.8, 4) is 17.0 Å². The first-order valence-corrected chi connectivity index (χ1v) is 13.6. The van der Waals surface area contributed by atoms with E-state index in [0.29, 0.717) is 11.6 Å². The molecule has 2 aromatic rings. The molecule has 186 valence electrons. The van der Waals surface area contributed by atoms with Crippen LogP contribution < -0.4 is 14.8 Å². The van der Waals surface area contributed by atoms with E-state index in [4.69, 9.17) is 4.74 Å². The van der Waals surface area contributed by atoms with E-state index in [1.807, 2.05) is 24.3 Å². The molecule has 0 spiro atoms. The maximum Gasteiger partial charge on any atom is 0.332 e. The molecule has 1 aliphatic carbocycles. The van der Waals surface area contributed by atoms with Crippen molar-refractivity contribution < 1.29 is 17.9 Å². The summed E-state index contributed by atoms with van der Waals surface area (Å²) in [6, 6.07) is 7.00. The third kappa shape index (κ3) is 6.29. The minimum atomic E-state index is -3.79. The number of benzene rings is 1. The van der Waals surface area contributed by atoms with Gasteiger partial charge in [0.15, 0.2) is 0 Å². The second-order valence-corrected chi connectivity index (χ2v) is 10.7. The molecule has 2 amide bonds. The number of sulfonamides is 1. The van der Waals surface area contributed by atoms with Gasteiger partial charge in [0.05, 0.1) is 11.4 Å². The van der Waals surface area contributed by atoms with E-state index in [2.05, 4.69) is 39.1 Å². The second kappa shape index (κ2) is 11.0. The molecule has 1 aromatic carbocycles. The first-order chi connectivity index (χ1) is 16.9. The van der Waals surface area contributed by atoms with Crippen LogP contribution in [0.2, 0.25) is 0 Å². The fraction of sp³-hybridized carbons (Fsp3) is 0.385. The van der Waals surface area contributed by atoms with Crippen LogP contribution in [0, 0.1) is 0 Å². The third-order valence-corrected chi connectivity index (χ3v) is 7.53. The largest absolute Gasteiger partial charge is 0.474 e. The Kier molecular flexibility index (Phi) is 7.87. The number of carbonyl (C=O) groups is 1. The fourth-order valence-electron chi connectivity index (χ4n) is 4.73. The smallest absolute Gasteiger partial charge is 0.332 e. The number of likely N-dealkylation sites (tertiary alicyclic amines) is 1. The minimum Gasteiger partial charge on any atom is -0.474 e. The average Bonchev–Trinajstić information content (AvgIpc) is 3.30. The van der Waals surface area contributed by atoms with Crippen LogP contribution in [0.25, 0.3) is 11.1 Å². The first kappa shape index (κ1) is 24.9. The summed E-state index contributed by atoms with van der Waals surface area (Å²) in [6.07, 6.45) is 9.52. The lowest BCUT2D eigenvalue weighted by Gasteiger charge is -2.31. The van der Waals surface area contributed by atoms with Crippen LogP contribution in [-0.4, -0.2) is 55.8 Å². The lowest BCUT2D eigenvalue weighted by Crippen LogP contribution is -2.38. The zero-order valence-corrected chi connectivity index (χ0v) is 20.6. The fourth-order valence-corrected chi connectivity index (χ4v) is 5.46. The van der Waals surface area contributed by atoms with E-state index in [1.165, 1.54) is 6.08 Å². The molecule has 1 fully saturated rings. The van der Waals surface area contributed by atoms with Gasteiger partial charge in [0.2, 0.25) is 15.9 Å². The summed E-state index contributed by atoms with van der Waals surface area (Å²) >= 11 is 0. The number of ether oxygens (including phenoxy) is 1. The van der Waals surface area contributed by atoms with Crippen LogP contribution in [0.3, 0.4) is 0 Å². The van der Waals surface area contributed by atoms with Crippen LogP contribution >= 0.6 is 0 Å². The normalized spacial score (nSPS) is 16.3. The highest BCUT2D eigenvalue weighted by atomic mass is 32.2. The van der Waals surface area contributed by atoms with Crippen LogP contribution in [-0.2, 0) is 22.9 Å². The molecule has 0 unspecified atom stereocenters. The van der Waals surface area contributed by atoms with Crippen molar-refractivity contribution in [2.24, 2.45) is 0 Å². The van der Waals surface area contributed by atoms with E-state index in [9.17, 15) is 13.2 Å². The van der Waals surface area contributed by atoms with Crippen molar-refractivity contribution >= 4 is 21.7 Å². The number of amides is 2. The number of urea groups is 1. The molecule has 35 heavy (non-hydrogen) atoms. The number of fused-ring (bicyclic) bond motifs is 1. The van der Waals surface area contributed by atoms with Crippen LogP contribution in [0.4, 0.5) is 10.5 Å². The lowest BCUT2D eigenvalue weighted by molar-refractivity contribution is 0.103. The molecule has 8 nitrogen and oxygen atoms in total. The van der Waals surface area contributed by atoms with Crippen molar-refractivity contribution in [3.63, 3.8) is 0 Å². The van der Waals surface area contributed by atoms with E-state index in [0.717, 1.165) is 74.0 Å². The summed E-state index contributed by atoms with van der Waals surface area (Å²) in [5.74, 6) is 0.201. The topological polar surface area (TPSA) is 101 Å². The van der Waals surface area contributed by atoms with Gasteiger partial charge < -0.3 is 10.1 Å². The number of aromatic nitrogens is 1. The van der Waals surface area contributed by atoms with Gasteiger partial charge in [-0.2, -0.15) is 0 Å². The summed E-state index contributed by atoms with van der Waals surface area (Å²) in [4.78, 5) is 19.4. The predicted molar refractivity (Wildman–Crippen MR) is 138 cm³/mol. The number of aryl methyl sites for hydroxylation is 1. The Bertz CT molecular complexity index is 1200. The van der Waals surface area contributed by atoms with Gasteiger partial charge in [0, 0.05) is 37.5 Å². The number of hydrogen-bond donors (Lipinski definition) is 2. The van der Waals surface area contributed by atoms with Gasteiger partial charge in [-0.15, -0.1) is 13.2 Å². The van der Waals surface area contributed by atoms with E-state index >= 15 is 0 Å². The number of nitrogens with one attached hydrogen (secondary N) is 2. The number of pyridine rings is 1.